The minimum absolute atomic E-state index is 0.00301. The molecule has 5 heteroatoms. The van der Waals surface area contributed by atoms with Crippen molar-refractivity contribution in [3.8, 4) is 11.5 Å². The molecule has 1 heterocycles. The summed E-state index contributed by atoms with van der Waals surface area (Å²) in [6.07, 6.45) is 2.13. The molecule has 3 radical (unpaired) electrons. The van der Waals surface area contributed by atoms with E-state index in [0.717, 1.165) is 52.3 Å². The number of aryl methyl sites for hydroxylation is 2. The van der Waals surface area contributed by atoms with Crippen molar-refractivity contribution in [2.24, 2.45) is 11.3 Å². The van der Waals surface area contributed by atoms with E-state index in [0.29, 0.717) is 12.3 Å². The van der Waals surface area contributed by atoms with Gasteiger partial charge in [0.1, 0.15) is 11.5 Å². The lowest BCUT2D eigenvalue weighted by Crippen LogP contribution is -2.42. The number of hydrogen-bond acceptors (Lipinski definition) is 3. The average Bonchev–Trinajstić information content (AvgIpc) is 2.85. The molecule has 0 aliphatic carbocycles. The summed E-state index contributed by atoms with van der Waals surface area (Å²) in [5, 5.41) is 3.28. The van der Waals surface area contributed by atoms with Crippen LogP contribution in [-0.2, 0) is 15.6 Å². The van der Waals surface area contributed by atoms with Crippen LogP contribution in [0.2, 0.25) is 0 Å². The smallest absolute Gasteiger partial charge is 0.246 e. The molecule has 1 atom stereocenters. The molecular formula is C32H38NO3Si. The van der Waals surface area contributed by atoms with Gasteiger partial charge in [0.25, 0.3) is 0 Å². The van der Waals surface area contributed by atoms with Gasteiger partial charge in [-0.2, -0.15) is 0 Å². The van der Waals surface area contributed by atoms with Crippen molar-refractivity contribution in [2.45, 2.75) is 72.3 Å². The predicted molar refractivity (Wildman–Crippen MR) is 151 cm³/mol. The molecule has 4 nitrogen and oxygen atoms in total. The van der Waals surface area contributed by atoms with E-state index in [2.05, 4.69) is 87.7 Å². The standard InChI is InChI=1S/C32H38NO3Si/c1-21-12-11-13-22(18-19-28(31(2,3)4)32(5,6)36-37)30(21)33-29(34)20-25-23-14-7-9-16-26(23)35-27-17-10-8-15-24(25)27/h7-17,25,28H,18-20H2,1-6H3,(H,33,34). The fourth-order valence-corrected chi connectivity index (χ4v) is 6.06. The highest BCUT2D eigenvalue weighted by molar-refractivity contribution is 5.98. The van der Waals surface area contributed by atoms with Gasteiger partial charge < -0.3 is 14.5 Å². The normalized spacial score (nSPS) is 14.4. The maximum absolute atomic E-state index is 13.5. The number of nitrogens with one attached hydrogen (secondary N) is 1. The molecular weight excluding hydrogens is 474 g/mol. The number of amides is 1. The minimum atomic E-state index is -0.327. The minimum Gasteiger partial charge on any atom is -0.457 e. The van der Waals surface area contributed by atoms with Crippen LogP contribution in [0.1, 0.15) is 75.6 Å². The highest BCUT2D eigenvalue weighted by Gasteiger charge is 2.37. The predicted octanol–water partition coefficient (Wildman–Crippen LogP) is 7.74. The van der Waals surface area contributed by atoms with E-state index in [1.54, 1.807) is 0 Å². The van der Waals surface area contributed by atoms with E-state index < -0.39 is 0 Å². The quantitative estimate of drug-likeness (QED) is 0.314. The zero-order chi connectivity index (χ0) is 26.8. The molecule has 1 aliphatic rings. The van der Waals surface area contributed by atoms with Crippen LogP contribution in [0.5, 0.6) is 11.5 Å². The third kappa shape index (κ3) is 5.99. The van der Waals surface area contributed by atoms with Crippen LogP contribution < -0.4 is 10.1 Å². The first-order valence-electron chi connectivity index (χ1n) is 13.1. The van der Waals surface area contributed by atoms with Gasteiger partial charge in [0.15, 0.2) is 0 Å². The van der Waals surface area contributed by atoms with Crippen molar-refractivity contribution in [1.82, 2.24) is 0 Å². The molecule has 3 aromatic rings. The summed E-state index contributed by atoms with van der Waals surface area (Å²) < 4.78 is 11.8. The lowest BCUT2D eigenvalue weighted by Gasteiger charge is -2.42. The van der Waals surface area contributed by atoms with Gasteiger partial charge in [-0.3, -0.25) is 4.79 Å². The number of ether oxygens (including phenoxy) is 1. The Morgan fingerprint density at radius 2 is 1.54 bits per heavy atom. The number of rotatable bonds is 8. The summed E-state index contributed by atoms with van der Waals surface area (Å²) >= 11 is 0. The van der Waals surface area contributed by atoms with E-state index in [9.17, 15) is 4.79 Å². The Morgan fingerprint density at radius 1 is 0.946 bits per heavy atom. The summed E-state index contributed by atoms with van der Waals surface area (Å²) in [7, 11) is 3.31. The average molecular weight is 513 g/mol. The van der Waals surface area contributed by atoms with Crippen LogP contribution in [0.25, 0.3) is 0 Å². The molecule has 1 amide bonds. The first-order valence-corrected chi connectivity index (χ1v) is 13.5. The topological polar surface area (TPSA) is 47.6 Å². The van der Waals surface area contributed by atoms with E-state index in [1.165, 1.54) is 0 Å². The molecule has 0 saturated carbocycles. The molecule has 1 unspecified atom stereocenters. The van der Waals surface area contributed by atoms with Gasteiger partial charge in [-0.1, -0.05) is 75.4 Å². The van der Waals surface area contributed by atoms with Crippen LogP contribution >= 0.6 is 0 Å². The van der Waals surface area contributed by atoms with E-state index in [1.807, 2.05) is 36.4 Å². The Labute approximate surface area is 225 Å². The number of carbonyl (C=O) groups is 1. The van der Waals surface area contributed by atoms with Crippen LogP contribution in [0.3, 0.4) is 0 Å². The Hall–Kier alpha value is -2.89. The summed E-state index contributed by atoms with van der Waals surface area (Å²) in [5.74, 6) is 1.89. The third-order valence-electron chi connectivity index (χ3n) is 7.67. The van der Waals surface area contributed by atoms with Crippen molar-refractivity contribution in [1.29, 1.82) is 0 Å². The van der Waals surface area contributed by atoms with Gasteiger partial charge in [-0.25, -0.2) is 0 Å². The summed E-state index contributed by atoms with van der Waals surface area (Å²) in [6.45, 7) is 13.1. The largest absolute Gasteiger partial charge is 0.457 e. The van der Waals surface area contributed by atoms with Gasteiger partial charge in [-0.05, 0) is 68.2 Å². The van der Waals surface area contributed by atoms with Crippen LogP contribution in [0.4, 0.5) is 5.69 Å². The van der Waals surface area contributed by atoms with Crippen LogP contribution in [-0.4, -0.2) is 22.0 Å². The maximum Gasteiger partial charge on any atom is 0.246 e. The molecule has 0 saturated heterocycles. The maximum atomic E-state index is 13.5. The fraction of sp³-hybridized carbons (Fsp3) is 0.406. The van der Waals surface area contributed by atoms with Crippen molar-refractivity contribution in [3.05, 3.63) is 89.0 Å². The second-order valence-electron chi connectivity index (χ2n) is 11.8. The Balaban J connectivity index is 1.56. The molecule has 1 aliphatic heterocycles. The Morgan fingerprint density at radius 3 is 2.11 bits per heavy atom. The second kappa shape index (κ2) is 10.8. The van der Waals surface area contributed by atoms with Crippen molar-refractivity contribution >= 4 is 22.1 Å². The highest BCUT2D eigenvalue weighted by atomic mass is 28.2. The Kier molecular flexibility index (Phi) is 7.96. The molecule has 3 aromatic carbocycles. The van der Waals surface area contributed by atoms with Crippen LogP contribution in [0, 0.1) is 18.3 Å². The van der Waals surface area contributed by atoms with Gasteiger partial charge in [-0.15, -0.1) is 0 Å². The van der Waals surface area contributed by atoms with Gasteiger partial charge in [0, 0.05) is 29.2 Å². The van der Waals surface area contributed by atoms with Gasteiger partial charge >= 0.3 is 0 Å². The number of carbonyl (C=O) groups excluding carboxylic acids is 1. The van der Waals surface area contributed by atoms with Crippen molar-refractivity contribution in [2.75, 3.05) is 5.32 Å². The van der Waals surface area contributed by atoms with Crippen molar-refractivity contribution in [3.63, 3.8) is 0 Å². The van der Waals surface area contributed by atoms with Gasteiger partial charge in [0.2, 0.25) is 16.4 Å². The van der Waals surface area contributed by atoms with Crippen molar-refractivity contribution < 1.29 is 14.0 Å². The zero-order valence-corrected chi connectivity index (χ0v) is 23.9. The lowest BCUT2D eigenvalue weighted by molar-refractivity contribution is -0.116. The summed E-state index contributed by atoms with van der Waals surface area (Å²) in [5.41, 5.74) is 4.98. The first kappa shape index (κ1) is 27.1. The molecule has 1 N–H and O–H groups in total. The number of fused-ring (bicyclic) bond motifs is 2. The number of anilines is 1. The summed E-state index contributed by atoms with van der Waals surface area (Å²) in [6, 6.07) is 22.3. The fourth-order valence-electron chi connectivity index (χ4n) is 5.91. The lowest BCUT2D eigenvalue weighted by atomic mass is 9.69. The third-order valence-corrected chi connectivity index (χ3v) is 8.20. The monoisotopic (exact) mass is 512 g/mol. The molecule has 37 heavy (non-hydrogen) atoms. The van der Waals surface area contributed by atoms with E-state index in [4.69, 9.17) is 9.16 Å². The number of para-hydroxylation sites is 3. The second-order valence-corrected chi connectivity index (χ2v) is 12.0. The highest BCUT2D eigenvalue weighted by Crippen LogP contribution is 2.45. The zero-order valence-electron chi connectivity index (χ0n) is 22.9. The SMILES string of the molecule is Cc1cccc(CCC(C(C)(C)C)C(C)(C)O[Si])c1NC(=O)CC1c2ccccc2Oc2ccccc21. The van der Waals surface area contributed by atoms with E-state index >= 15 is 0 Å². The van der Waals surface area contributed by atoms with Crippen LogP contribution in [0.15, 0.2) is 66.7 Å². The molecule has 0 fully saturated rings. The number of benzene rings is 3. The molecule has 0 spiro atoms. The van der Waals surface area contributed by atoms with Gasteiger partial charge in [0.05, 0.1) is 5.60 Å². The summed E-state index contributed by atoms with van der Waals surface area (Å²) in [4.78, 5) is 13.5. The van der Waals surface area contributed by atoms with E-state index in [-0.39, 0.29) is 22.8 Å². The first-order chi connectivity index (χ1) is 17.5. The molecule has 0 aromatic heterocycles. The molecule has 0 bridgehead atoms. The molecule has 193 valence electrons. The Bertz CT molecular complexity index is 1220. The molecule has 4 rings (SSSR count). The number of hydrogen-bond donors (Lipinski definition) is 1.